The Labute approximate surface area is 110 Å². The zero-order chi connectivity index (χ0) is 13.2. The second-order valence-electron chi connectivity index (χ2n) is 4.37. The minimum Gasteiger partial charge on any atom is -0.351 e. The van der Waals surface area contributed by atoms with Crippen molar-refractivity contribution in [2.24, 2.45) is 7.05 Å². The van der Waals surface area contributed by atoms with Crippen LogP contribution in [0.1, 0.15) is 10.4 Å². The lowest BCUT2D eigenvalue weighted by Crippen LogP contribution is -2.12. The summed E-state index contributed by atoms with van der Waals surface area (Å²) in [5.74, 6) is 0.404. The Morgan fingerprint density at radius 3 is 2.89 bits per heavy atom. The van der Waals surface area contributed by atoms with Gasteiger partial charge in [0, 0.05) is 30.5 Å². The number of pyridine rings is 1. The SMILES string of the molecule is Cn1ccc2ccc(C(=O)Nc3ccccn3)cc21. The molecule has 4 nitrogen and oxygen atoms in total. The van der Waals surface area contributed by atoms with E-state index in [-0.39, 0.29) is 5.91 Å². The summed E-state index contributed by atoms with van der Waals surface area (Å²) in [6.45, 7) is 0. The number of carbonyl (C=O) groups excluding carboxylic acids is 1. The third-order valence-corrected chi connectivity index (χ3v) is 3.06. The van der Waals surface area contributed by atoms with Crippen molar-refractivity contribution in [1.29, 1.82) is 0 Å². The molecule has 4 heteroatoms. The molecule has 0 saturated heterocycles. The number of anilines is 1. The molecule has 3 rings (SSSR count). The summed E-state index contributed by atoms with van der Waals surface area (Å²) in [6.07, 6.45) is 3.63. The van der Waals surface area contributed by atoms with E-state index in [4.69, 9.17) is 0 Å². The highest BCUT2D eigenvalue weighted by Gasteiger charge is 2.08. The van der Waals surface area contributed by atoms with E-state index in [1.54, 1.807) is 12.3 Å². The van der Waals surface area contributed by atoms with Gasteiger partial charge in [-0.1, -0.05) is 12.1 Å². The molecule has 0 spiro atoms. The van der Waals surface area contributed by atoms with Crippen molar-refractivity contribution >= 4 is 22.6 Å². The summed E-state index contributed by atoms with van der Waals surface area (Å²) in [4.78, 5) is 16.2. The third-order valence-electron chi connectivity index (χ3n) is 3.06. The monoisotopic (exact) mass is 251 g/mol. The van der Waals surface area contributed by atoms with Crippen LogP contribution < -0.4 is 5.32 Å². The van der Waals surface area contributed by atoms with Gasteiger partial charge >= 0.3 is 0 Å². The number of nitrogens with one attached hydrogen (secondary N) is 1. The topological polar surface area (TPSA) is 46.9 Å². The van der Waals surface area contributed by atoms with Crippen LogP contribution in [0.3, 0.4) is 0 Å². The number of fused-ring (bicyclic) bond motifs is 1. The van der Waals surface area contributed by atoms with E-state index in [2.05, 4.69) is 10.3 Å². The van der Waals surface area contributed by atoms with Gasteiger partial charge in [0.1, 0.15) is 5.82 Å². The lowest BCUT2D eigenvalue weighted by atomic mass is 10.1. The minimum absolute atomic E-state index is 0.151. The van der Waals surface area contributed by atoms with Gasteiger partial charge in [-0.2, -0.15) is 0 Å². The molecule has 0 aliphatic carbocycles. The Balaban J connectivity index is 1.91. The molecule has 0 fully saturated rings. The van der Waals surface area contributed by atoms with Crippen molar-refractivity contribution in [2.75, 3.05) is 5.32 Å². The average Bonchev–Trinajstić information content (AvgIpc) is 2.81. The first kappa shape index (κ1) is 11.5. The molecule has 3 aromatic rings. The van der Waals surface area contributed by atoms with E-state index in [1.807, 2.05) is 54.2 Å². The van der Waals surface area contributed by atoms with Crippen LogP contribution in [0.4, 0.5) is 5.82 Å². The first-order valence-corrected chi connectivity index (χ1v) is 6.01. The highest BCUT2D eigenvalue weighted by atomic mass is 16.1. The van der Waals surface area contributed by atoms with Gasteiger partial charge in [-0.25, -0.2) is 4.98 Å². The van der Waals surface area contributed by atoms with Crippen LogP contribution in [0.5, 0.6) is 0 Å². The summed E-state index contributed by atoms with van der Waals surface area (Å²) in [5, 5.41) is 3.90. The quantitative estimate of drug-likeness (QED) is 0.761. The molecule has 94 valence electrons. The molecule has 2 aromatic heterocycles. The van der Waals surface area contributed by atoms with Gasteiger partial charge in [0.2, 0.25) is 0 Å². The van der Waals surface area contributed by atoms with Crippen molar-refractivity contribution in [3.63, 3.8) is 0 Å². The van der Waals surface area contributed by atoms with Gasteiger partial charge in [-0.15, -0.1) is 0 Å². The van der Waals surface area contributed by atoms with Gasteiger partial charge in [-0.3, -0.25) is 4.79 Å². The first-order valence-electron chi connectivity index (χ1n) is 6.01. The van der Waals surface area contributed by atoms with Gasteiger partial charge < -0.3 is 9.88 Å². The highest BCUT2D eigenvalue weighted by molar-refractivity contribution is 6.05. The maximum Gasteiger partial charge on any atom is 0.256 e. The smallest absolute Gasteiger partial charge is 0.256 e. The first-order chi connectivity index (χ1) is 9.24. The number of amides is 1. The molecule has 1 N–H and O–H groups in total. The second kappa shape index (κ2) is 4.57. The van der Waals surface area contributed by atoms with E-state index in [1.165, 1.54) is 0 Å². The number of aromatic nitrogens is 2. The third kappa shape index (κ3) is 2.20. The summed E-state index contributed by atoms with van der Waals surface area (Å²) in [6, 6.07) is 13.1. The Hall–Kier alpha value is -2.62. The normalized spacial score (nSPS) is 10.6. The van der Waals surface area contributed by atoms with E-state index in [0.717, 1.165) is 10.9 Å². The Bertz CT molecular complexity index is 731. The van der Waals surface area contributed by atoms with Gasteiger partial charge in [0.15, 0.2) is 0 Å². The second-order valence-corrected chi connectivity index (χ2v) is 4.37. The number of hydrogen-bond donors (Lipinski definition) is 1. The molecular weight excluding hydrogens is 238 g/mol. The fourth-order valence-electron chi connectivity index (χ4n) is 2.03. The van der Waals surface area contributed by atoms with Crippen LogP contribution in [0, 0.1) is 0 Å². The zero-order valence-electron chi connectivity index (χ0n) is 10.5. The van der Waals surface area contributed by atoms with Gasteiger partial charge in [0.05, 0.1) is 0 Å². The van der Waals surface area contributed by atoms with Crippen molar-refractivity contribution in [3.8, 4) is 0 Å². The Kier molecular flexibility index (Phi) is 2.76. The van der Waals surface area contributed by atoms with Gasteiger partial charge in [0.25, 0.3) is 5.91 Å². The number of hydrogen-bond acceptors (Lipinski definition) is 2. The molecule has 0 aliphatic rings. The molecule has 19 heavy (non-hydrogen) atoms. The molecule has 0 bridgehead atoms. The fraction of sp³-hybridized carbons (Fsp3) is 0.0667. The molecular formula is C15H13N3O. The van der Waals surface area contributed by atoms with E-state index >= 15 is 0 Å². The largest absolute Gasteiger partial charge is 0.351 e. The fourth-order valence-corrected chi connectivity index (χ4v) is 2.03. The number of aryl methyl sites for hydroxylation is 1. The number of benzene rings is 1. The van der Waals surface area contributed by atoms with Crippen LogP contribution >= 0.6 is 0 Å². The minimum atomic E-state index is -0.151. The zero-order valence-corrected chi connectivity index (χ0v) is 10.5. The van der Waals surface area contributed by atoms with E-state index < -0.39 is 0 Å². The molecule has 0 aliphatic heterocycles. The number of nitrogens with zero attached hydrogens (tertiary/aromatic N) is 2. The van der Waals surface area contributed by atoms with Crippen LogP contribution in [0.25, 0.3) is 10.9 Å². The van der Waals surface area contributed by atoms with Crippen LogP contribution in [-0.2, 0) is 7.05 Å². The van der Waals surface area contributed by atoms with Crippen LogP contribution in [-0.4, -0.2) is 15.5 Å². The van der Waals surface area contributed by atoms with Gasteiger partial charge in [-0.05, 0) is 35.7 Å². The van der Waals surface area contributed by atoms with Crippen molar-refractivity contribution in [3.05, 3.63) is 60.4 Å². The van der Waals surface area contributed by atoms with E-state index in [9.17, 15) is 4.79 Å². The Morgan fingerprint density at radius 2 is 2.11 bits per heavy atom. The van der Waals surface area contributed by atoms with Crippen molar-refractivity contribution < 1.29 is 4.79 Å². The molecule has 2 heterocycles. The summed E-state index contributed by atoms with van der Waals surface area (Å²) in [7, 11) is 1.96. The van der Waals surface area contributed by atoms with Crippen LogP contribution in [0.15, 0.2) is 54.9 Å². The molecule has 0 saturated carbocycles. The van der Waals surface area contributed by atoms with Crippen molar-refractivity contribution in [1.82, 2.24) is 9.55 Å². The molecule has 0 atom stereocenters. The maximum absolute atomic E-state index is 12.1. The molecule has 0 unspecified atom stereocenters. The lowest BCUT2D eigenvalue weighted by molar-refractivity contribution is 0.102. The summed E-state index contributed by atoms with van der Waals surface area (Å²) >= 11 is 0. The summed E-state index contributed by atoms with van der Waals surface area (Å²) < 4.78 is 1.99. The van der Waals surface area contributed by atoms with Crippen LogP contribution in [0.2, 0.25) is 0 Å². The summed E-state index contributed by atoms with van der Waals surface area (Å²) in [5.41, 5.74) is 1.66. The predicted octanol–water partition coefficient (Wildman–Crippen LogP) is 2.83. The predicted molar refractivity (Wildman–Crippen MR) is 75.1 cm³/mol. The molecule has 1 aromatic carbocycles. The average molecular weight is 251 g/mol. The number of rotatable bonds is 2. The van der Waals surface area contributed by atoms with Crippen molar-refractivity contribution in [2.45, 2.75) is 0 Å². The highest BCUT2D eigenvalue weighted by Crippen LogP contribution is 2.17. The van der Waals surface area contributed by atoms with E-state index in [0.29, 0.717) is 11.4 Å². The number of carbonyl (C=O) groups is 1. The Morgan fingerprint density at radius 1 is 1.21 bits per heavy atom. The lowest BCUT2D eigenvalue weighted by Gasteiger charge is -2.05. The standard InChI is InChI=1S/C15H13N3O/c1-18-9-7-11-5-6-12(10-13(11)18)15(19)17-14-4-2-3-8-16-14/h2-10H,1H3,(H,16,17,19). The maximum atomic E-state index is 12.1. The molecule has 1 amide bonds. The molecule has 0 radical (unpaired) electrons.